The van der Waals surface area contributed by atoms with Crippen molar-refractivity contribution in [1.29, 1.82) is 10.5 Å². The smallest absolute Gasteiger partial charge is 0.389 e. The summed E-state index contributed by atoms with van der Waals surface area (Å²) in [7, 11) is 0. The first-order chi connectivity index (χ1) is 8.78. The zero-order valence-electron chi connectivity index (χ0n) is 10.2. The van der Waals surface area contributed by atoms with Crippen molar-refractivity contribution in [2.75, 3.05) is 6.61 Å². The molecule has 0 fully saturated rings. The van der Waals surface area contributed by atoms with E-state index in [1.165, 1.54) is 19.1 Å². The van der Waals surface area contributed by atoms with Crippen LogP contribution in [0.1, 0.15) is 26.2 Å². The van der Waals surface area contributed by atoms with Crippen LogP contribution in [0.5, 0.6) is 0 Å². The summed E-state index contributed by atoms with van der Waals surface area (Å²) in [5, 5.41) is 17.6. The molecule has 0 aromatic carbocycles. The highest BCUT2D eigenvalue weighted by Gasteiger charge is 2.39. The molecule has 0 aliphatic heterocycles. The van der Waals surface area contributed by atoms with Crippen LogP contribution in [0.2, 0.25) is 0 Å². The number of halogens is 3. The molecule has 0 atom stereocenters. The Morgan fingerprint density at radius 1 is 1.21 bits per heavy atom. The van der Waals surface area contributed by atoms with Gasteiger partial charge in [0.15, 0.2) is 12.0 Å². The second-order valence-corrected chi connectivity index (χ2v) is 3.69. The molecule has 102 valence electrons. The molecule has 0 unspecified atom stereocenters. The molecule has 0 aliphatic carbocycles. The zero-order chi connectivity index (χ0) is 14.9. The van der Waals surface area contributed by atoms with Crippen LogP contribution in [-0.4, -0.2) is 18.8 Å². The predicted molar refractivity (Wildman–Crippen MR) is 58.0 cm³/mol. The number of rotatable bonds is 5. The van der Waals surface area contributed by atoms with Crippen molar-refractivity contribution in [2.45, 2.75) is 32.4 Å². The van der Waals surface area contributed by atoms with Gasteiger partial charge in [-0.1, -0.05) is 5.92 Å². The number of ether oxygens (including phenoxy) is 1. The molecule has 0 rings (SSSR count). The van der Waals surface area contributed by atoms with Gasteiger partial charge in [0.05, 0.1) is 18.6 Å². The number of carbonyl (C=O) groups excluding carboxylic acids is 1. The van der Waals surface area contributed by atoms with Crippen molar-refractivity contribution in [3.63, 3.8) is 0 Å². The largest absolute Gasteiger partial charge is 0.452 e. The Morgan fingerprint density at radius 2 is 1.79 bits per heavy atom. The normalized spacial score (nSPS) is 10.6. The molecule has 0 bridgehead atoms. The van der Waals surface area contributed by atoms with Gasteiger partial charge < -0.3 is 4.74 Å². The molecule has 0 radical (unpaired) electrons. The topological polar surface area (TPSA) is 73.9 Å². The van der Waals surface area contributed by atoms with E-state index in [1.807, 2.05) is 0 Å². The lowest BCUT2D eigenvalue weighted by atomic mass is 9.83. The predicted octanol–water partition coefficient (Wildman–Crippen LogP) is 2.32. The van der Waals surface area contributed by atoms with Gasteiger partial charge in [-0.2, -0.15) is 23.7 Å². The monoisotopic (exact) mass is 272 g/mol. The lowest BCUT2D eigenvalue weighted by Gasteiger charge is -2.18. The molecule has 4 nitrogen and oxygen atoms in total. The number of hydrogen-bond donors (Lipinski definition) is 0. The third-order valence-corrected chi connectivity index (χ3v) is 2.19. The summed E-state index contributed by atoms with van der Waals surface area (Å²) < 4.78 is 40.9. The Labute approximate surface area is 108 Å². The third-order valence-electron chi connectivity index (χ3n) is 2.19. The van der Waals surface area contributed by atoms with Crippen LogP contribution >= 0.6 is 0 Å². The molecule has 0 saturated carbocycles. The number of hydrogen-bond acceptors (Lipinski definition) is 4. The maximum absolute atomic E-state index is 12.1. The molecule has 0 aromatic rings. The first-order valence-corrected chi connectivity index (χ1v) is 5.23. The van der Waals surface area contributed by atoms with Crippen LogP contribution in [-0.2, 0) is 9.53 Å². The van der Waals surface area contributed by atoms with Gasteiger partial charge in [0.25, 0.3) is 0 Å². The minimum Gasteiger partial charge on any atom is -0.452 e. The van der Waals surface area contributed by atoms with Crippen molar-refractivity contribution in [1.82, 2.24) is 0 Å². The van der Waals surface area contributed by atoms with Gasteiger partial charge in [-0.3, -0.25) is 4.79 Å². The van der Waals surface area contributed by atoms with Crippen molar-refractivity contribution >= 4 is 5.97 Å². The second kappa shape index (κ2) is 7.28. The Balaban J connectivity index is 4.63. The number of nitrogens with zero attached hydrogens (tertiary/aromatic N) is 2. The molecule has 0 aromatic heterocycles. The van der Waals surface area contributed by atoms with Crippen molar-refractivity contribution in [3.8, 4) is 24.0 Å². The second-order valence-electron chi connectivity index (χ2n) is 3.69. The van der Waals surface area contributed by atoms with Gasteiger partial charge in [0.2, 0.25) is 0 Å². The quantitative estimate of drug-likeness (QED) is 0.568. The third kappa shape index (κ3) is 6.95. The lowest BCUT2D eigenvalue weighted by molar-refractivity contribution is -0.147. The molecular weight excluding hydrogens is 261 g/mol. The van der Waals surface area contributed by atoms with E-state index in [-0.39, 0.29) is 6.61 Å². The first-order valence-electron chi connectivity index (χ1n) is 5.23. The van der Waals surface area contributed by atoms with Crippen LogP contribution < -0.4 is 0 Å². The molecular formula is C12H11F3N2O2. The van der Waals surface area contributed by atoms with Gasteiger partial charge in [-0.05, 0) is 13.3 Å². The number of esters is 1. The van der Waals surface area contributed by atoms with E-state index < -0.39 is 36.8 Å². The van der Waals surface area contributed by atoms with Crippen molar-refractivity contribution in [3.05, 3.63) is 0 Å². The van der Waals surface area contributed by atoms with E-state index in [4.69, 9.17) is 10.5 Å². The van der Waals surface area contributed by atoms with Gasteiger partial charge in [-0.15, -0.1) is 5.92 Å². The number of alkyl halides is 3. The number of nitriles is 2. The lowest BCUT2D eigenvalue weighted by Crippen LogP contribution is -2.25. The van der Waals surface area contributed by atoms with Gasteiger partial charge in [-0.25, -0.2) is 0 Å². The van der Waals surface area contributed by atoms with E-state index >= 15 is 0 Å². The zero-order valence-corrected chi connectivity index (χ0v) is 10.2. The van der Waals surface area contributed by atoms with E-state index in [1.54, 1.807) is 0 Å². The molecule has 19 heavy (non-hydrogen) atoms. The van der Waals surface area contributed by atoms with Gasteiger partial charge in [0, 0.05) is 6.42 Å². The van der Waals surface area contributed by atoms with Crippen LogP contribution in [0.15, 0.2) is 0 Å². The van der Waals surface area contributed by atoms with Crippen LogP contribution in [0, 0.1) is 39.9 Å². The summed E-state index contributed by atoms with van der Waals surface area (Å²) in [5.41, 5.74) is -2.02. The summed E-state index contributed by atoms with van der Waals surface area (Å²) in [4.78, 5) is 11.3. The van der Waals surface area contributed by atoms with Crippen molar-refractivity contribution < 1.29 is 22.7 Å². The van der Waals surface area contributed by atoms with E-state index in [2.05, 4.69) is 16.6 Å². The van der Waals surface area contributed by atoms with Gasteiger partial charge >= 0.3 is 12.1 Å². The Kier molecular flexibility index (Phi) is 6.44. The highest BCUT2D eigenvalue weighted by Crippen LogP contribution is 2.33. The summed E-state index contributed by atoms with van der Waals surface area (Å²) in [6, 6.07) is 2.92. The fourth-order valence-corrected chi connectivity index (χ4v) is 1.15. The SMILES string of the molecule is CC#CCOC(=O)CC(C#N)(C#N)CCC(F)(F)F. The molecule has 0 saturated heterocycles. The molecule has 0 amide bonds. The Hall–Kier alpha value is -2.20. The van der Waals surface area contributed by atoms with Crippen LogP contribution in [0.25, 0.3) is 0 Å². The van der Waals surface area contributed by atoms with E-state index in [0.717, 1.165) is 0 Å². The Morgan fingerprint density at radius 3 is 2.21 bits per heavy atom. The van der Waals surface area contributed by atoms with Crippen molar-refractivity contribution in [2.24, 2.45) is 5.41 Å². The maximum Gasteiger partial charge on any atom is 0.389 e. The first kappa shape index (κ1) is 16.8. The fourth-order valence-electron chi connectivity index (χ4n) is 1.15. The summed E-state index contributed by atoms with van der Waals surface area (Å²) in [6.45, 7) is 1.30. The molecule has 0 heterocycles. The summed E-state index contributed by atoms with van der Waals surface area (Å²) >= 11 is 0. The Bertz CT molecular complexity index is 447. The fraction of sp³-hybridized carbons (Fsp3) is 0.583. The minimum atomic E-state index is -4.49. The highest BCUT2D eigenvalue weighted by atomic mass is 19.4. The molecule has 0 aliphatic rings. The molecule has 0 spiro atoms. The van der Waals surface area contributed by atoms with Crippen LogP contribution in [0.4, 0.5) is 13.2 Å². The molecule has 0 N–H and O–H groups in total. The molecule has 7 heteroatoms. The van der Waals surface area contributed by atoms with E-state index in [0.29, 0.717) is 0 Å². The van der Waals surface area contributed by atoms with Gasteiger partial charge in [0.1, 0.15) is 0 Å². The summed E-state index contributed by atoms with van der Waals surface area (Å²) in [6.07, 6.45) is -7.27. The highest BCUT2D eigenvalue weighted by molar-refractivity contribution is 5.71. The average molecular weight is 272 g/mol. The standard InChI is InChI=1S/C12H11F3N2O2/c1-2-3-6-19-10(18)7-11(8-16,9-17)4-5-12(13,14)15/h4-7H2,1H3. The summed E-state index contributed by atoms with van der Waals surface area (Å²) in [5.74, 6) is 3.95. The minimum absolute atomic E-state index is 0.221. The van der Waals surface area contributed by atoms with Crippen LogP contribution in [0.3, 0.4) is 0 Å². The average Bonchev–Trinajstić information content (AvgIpc) is 2.34. The maximum atomic E-state index is 12.1. The van der Waals surface area contributed by atoms with E-state index in [9.17, 15) is 18.0 Å². The number of carbonyl (C=O) groups is 1.